The Morgan fingerprint density at radius 2 is 1.75 bits per heavy atom. The number of hydrogen-bond donors (Lipinski definition) is 1. The molecule has 5 heteroatoms. The summed E-state index contributed by atoms with van der Waals surface area (Å²) in [6, 6.07) is 17.2. The smallest absolute Gasteiger partial charge is 0.222 e. The highest BCUT2D eigenvalue weighted by molar-refractivity contribution is 5.40. The van der Waals surface area contributed by atoms with Crippen molar-refractivity contribution in [2.75, 3.05) is 12.4 Å². The predicted octanol–water partition coefficient (Wildman–Crippen LogP) is 3.74. The lowest BCUT2D eigenvalue weighted by Gasteiger charge is -2.32. The topological polar surface area (TPSA) is 52.0 Å². The number of anilines is 1. The fourth-order valence-electron chi connectivity index (χ4n) is 3.24. The fourth-order valence-corrected chi connectivity index (χ4v) is 3.24. The SMILES string of the molecule is COc1ccc(C2CC(c3ccc(C)cc3)n3ncnc3N2)cc1. The number of ether oxygens (including phenoxy) is 1. The zero-order chi connectivity index (χ0) is 16.5. The van der Waals surface area contributed by atoms with Gasteiger partial charge in [0.25, 0.3) is 0 Å². The number of nitrogens with one attached hydrogen (secondary N) is 1. The molecular weight excluding hydrogens is 300 g/mol. The molecule has 0 fully saturated rings. The molecule has 0 saturated carbocycles. The van der Waals surface area contributed by atoms with E-state index < -0.39 is 0 Å². The van der Waals surface area contributed by atoms with Crippen molar-refractivity contribution in [1.82, 2.24) is 14.8 Å². The van der Waals surface area contributed by atoms with Crippen LogP contribution in [0.15, 0.2) is 54.9 Å². The summed E-state index contributed by atoms with van der Waals surface area (Å²) in [6.07, 6.45) is 2.53. The van der Waals surface area contributed by atoms with E-state index in [1.165, 1.54) is 16.7 Å². The molecule has 1 aliphatic rings. The van der Waals surface area contributed by atoms with Gasteiger partial charge in [-0.3, -0.25) is 0 Å². The molecule has 1 aromatic heterocycles. The Bertz CT molecular complexity index is 823. The second-order valence-electron chi connectivity index (χ2n) is 6.16. The van der Waals surface area contributed by atoms with E-state index in [9.17, 15) is 0 Å². The Hall–Kier alpha value is -2.82. The van der Waals surface area contributed by atoms with Crippen molar-refractivity contribution in [3.8, 4) is 5.75 Å². The highest BCUT2D eigenvalue weighted by Crippen LogP contribution is 2.37. The van der Waals surface area contributed by atoms with Gasteiger partial charge in [0.15, 0.2) is 0 Å². The van der Waals surface area contributed by atoms with Crippen LogP contribution in [-0.4, -0.2) is 21.9 Å². The largest absolute Gasteiger partial charge is 0.497 e. The fraction of sp³-hybridized carbons (Fsp3) is 0.263. The van der Waals surface area contributed by atoms with Crippen LogP contribution in [0.5, 0.6) is 5.75 Å². The van der Waals surface area contributed by atoms with Crippen molar-refractivity contribution in [3.05, 3.63) is 71.5 Å². The Morgan fingerprint density at radius 1 is 1.04 bits per heavy atom. The van der Waals surface area contributed by atoms with E-state index >= 15 is 0 Å². The third-order valence-electron chi connectivity index (χ3n) is 4.61. The molecule has 0 saturated heterocycles. The number of hydrogen-bond acceptors (Lipinski definition) is 4. The summed E-state index contributed by atoms with van der Waals surface area (Å²) >= 11 is 0. The molecule has 1 aliphatic heterocycles. The van der Waals surface area contributed by atoms with E-state index in [1.54, 1.807) is 13.4 Å². The Morgan fingerprint density at radius 3 is 2.46 bits per heavy atom. The summed E-state index contributed by atoms with van der Waals surface area (Å²) in [5.74, 6) is 1.68. The predicted molar refractivity (Wildman–Crippen MR) is 93.3 cm³/mol. The second kappa shape index (κ2) is 6.00. The summed E-state index contributed by atoms with van der Waals surface area (Å²) in [7, 11) is 1.68. The summed E-state index contributed by atoms with van der Waals surface area (Å²) < 4.78 is 7.23. The van der Waals surface area contributed by atoms with Crippen molar-refractivity contribution in [1.29, 1.82) is 0 Å². The van der Waals surface area contributed by atoms with Crippen LogP contribution >= 0.6 is 0 Å². The Labute approximate surface area is 141 Å². The Balaban J connectivity index is 1.68. The van der Waals surface area contributed by atoms with Gasteiger partial charge in [-0.15, -0.1) is 0 Å². The zero-order valence-electron chi connectivity index (χ0n) is 13.8. The number of benzene rings is 2. The summed E-state index contributed by atoms with van der Waals surface area (Å²) in [4.78, 5) is 4.38. The minimum atomic E-state index is 0.177. The molecule has 2 aromatic carbocycles. The first kappa shape index (κ1) is 14.8. The van der Waals surface area contributed by atoms with Gasteiger partial charge in [-0.1, -0.05) is 42.0 Å². The molecule has 1 N–H and O–H groups in total. The highest BCUT2D eigenvalue weighted by atomic mass is 16.5. The van der Waals surface area contributed by atoms with E-state index in [0.29, 0.717) is 0 Å². The van der Waals surface area contributed by atoms with Crippen LogP contribution in [0.1, 0.15) is 35.2 Å². The van der Waals surface area contributed by atoms with E-state index in [0.717, 1.165) is 18.1 Å². The molecular formula is C19H20N4O. The number of methoxy groups -OCH3 is 1. The van der Waals surface area contributed by atoms with Gasteiger partial charge in [0.2, 0.25) is 5.95 Å². The summed E-state index contributed by atoms with van der Waals surface area (Å²) in [5.41, 5.74) is 3.74. The Kier molecular flexibility index (Phi) is 3.69. The molecule has 4 rings (SSSR count). The molecule has 0 bridgehead atoms. The molecule has 3 aromatic rings. The molecule has 2 heterocycles. The minimum Gasteiger partial charge on any atom is -0.497 e. The second-order valence-corrected chi connectivity index (χ2v) is 6.16. The van der Waals surface area contributed by atoms with E-state index in [-0.39, 0.29) is 12.1 Å². The maximum Gasteiger partial charge on any atom is 0.222 e. The van der Waals surface area contributed by atoms with Gasteiger partial charge in [-0.05, 0) is 36.6 Å². The molecule has 24 heavy (non-hydrogen) atoms. The maximum absolute atomic E-state index is 5.26. The van der Waals surface area contributed by atoms with Crippen molar-refractivity contribution in [2.45, 2.75) is 25.4 Å². The van der Waals surface area contributed by atoms with Gasteiger partial charge in [-0.2, -0.15) is 10.1 Å². The first-order chi connectivity index (χ1) is 11.7. The first-order valence-corrected chi connectivity index (χ1v) is 8.11. The summed E-state index contributed by atoms with van der Waals surface area (Å²) in [6.45, 7) is 2.10. The van der Waals surface area contributed by atoms with Crippen LogP contribution in [-0.2, 0) is 0 Å². The van der Waals surface area contributed by atoms with Crippen LogP contribution in [0.2, 0.25) is 0 Å². The lowest BCUT2D eigenvalue weighted by atomic mass is 9.93. The minimum absolute atomic E-state index is 0.177. The van der Waals surface area contributed by atoms with Gasteiger partial charge >= 0.3 is 0 Å². The number of aromatic nitrogens is 3. The molecule has 0 aliphatic carbocycles. The van der Waals surface area contributed by atoms with Crippen LogP contribution in [0, 0.1) is 6.92 Å². The standard InChI is InChI=1S/C19H20N4O/c1-13-3-5-15(6-4-13)18-11-17(22-19-20-12-21-23(18)19)14-7-9-16(24-2)10-8-14/h3-10,12,17-18H,11H2,1-2H3,(H,20,21,22). The zero-order valence-corrected chi connectivity index (χ0v) is 13.8. The number of fused-ring (bicyclic) bond motifs is 1. The van der Waals surface area contributed by atoms with Gasteiger partial charge in [0.1, 0.15) is 12.1 Å². The van der Waals surface area contributed by atoms with Gasteiger partial charge in [0, 0.05) is 0 Å². The maximum atomic E-state index is 5.26. The molecule has 0 spiro atoms. The van der Waals surface area contributed by atoms with Gasteiger partial charge in [0.05, 0.1) is 19.2 Å². The normalized spacial score (nSPS) is 19.4. The molecule has 2 unspecified atom stereocenters. The first-order valence-electron chi connectivity index (χ1n) is 8.11. The van der Waals surface area contributed by atoms with E-state index in [4.69, 9.17) is 4.74 Å². The van der Waals surface area contributed by atoms with Crippen molar-refractivity contribution in [3.63, 3.8) is 0 Å². The van der Waals surface area contributed by atoms with E-state index in [1.807, 2.05) is 16.8 Å². The number of nitrogens with zero attached hydrogens (tertiary/aromatic N) is 3. The van der Waals surface area contributed by atoms with Crippen molar-refractivity contribution < 1.29 is 4.74 Å². The third kappa shape index (κ3) is 2.62. The van der Waals surface area contributed by atoms with E-state index in [2.05, 4.69) is 58.7 Å². The lowest BCUT2D eigenvalue weighted by molar-refractivity contribution is 0.413. The van der Waals surface area contributed by atoms with Gasteiger partial charge < -0.3 is 10.1 Å². The van der Waals surface area contributed by atoms with Crippen LogP contribution < -0.4 is 10.1 Å². The quantitative estimate of drug-likeness (QED) is 0.799. The third-order valence-corrected chi connectivity index (χ3v) is 4.61. The molecule has 122 valence electrons. The van der Waals surface area contributed by atoms with Gasteiger partial charge in [-0.25, -0.2) is 4.68 Å². The van der Waals surface area contributed by atoms with Crippen molar-refractivity contribution >= 4 is 5.95 Å². The van der Waals surface area contributed by atoms with Crippen LogP contribution in [0.25, 0.3) is 0 Å². The monoisotopic (exact) mass is 320 g/mol. The highest BCUT2D eigenvalue weighted by Gasteiger charge is 2.29. The number of aryl methyl sites for hydroxylation is 1. The number of rotatable bonds is 3. The molecule has 2 atom stereocenters. The molecule has 5 nitrogen and oxygen atoms in total. The van der Waals surface area contributed by atoms with Crippen molar-refractivity contribution in [2.24, 2.45) is 0 Å². The van der Waals surface area contributed by atoms with Crippen LogP contribution in [0.3, 0.4) is 0 Å². The summed E-state index contributed by atoms with van der Waals surface area (Å²) in [5, 5.41) is 7.91. The lowest BCUT2D eigenvalue weighted by Crippen LogP contribution is -2.28. The average Bonchev–Trinajstić information content (AvgIpc) is 3.10. The molecule has 0 amide bonds. The average molecular weight is 320 g/mol. The molecule has 0 radical (unpaired) electrons. The van der Waals surface area contributed by atoms with Crippen LogP contribution in [0.4, 0.5) is 5.95 Å².